The van der Waals surface area contributed by atoms with Gasteiger partial charge < -0.3 is 4.74 Å². The highest BCUT2D eigenvalue weighted by Crippen LogP contribution is 2.23. The fourth-order valence-electron chi connectivity index (χ4n) is 2.05. The molecule has 0 spiro atoms. The molecule has 18 heavy (non-hydrogen) atoms. The van der Waals surface area contributed by atoms with Gasteiger partial charge in [-0.2, -0.15) is 0 Å². The van der Waals surface area contributed by atoms with Crippen LogP contribution >= 0.6 is 0 Å². The third kappa shape index (κ3) is 2.92. The number of aryl methyl sites for hydroxylation is 3. The summed E-state index contributed by atoms with van der Waals surface area (Å²) in [7, 11) is 0. The van der Waals surface area contributed by atoms with Gasteiger partial charge in [-0.25, -0.2) is 0 Å². The van der Waals surface area contributed by atoms with Crippen LogP contribution in [0.25, 0.3) is 0 Å². The molecule has 0 N–H and O–H groups in total. The molecule has 2 aromatic rings. The summed E-state index contributed by atoms with van der Waals surface area (Å²) in [6.45, 7) is 6.98. The van der Waals surface area contributed by atoms with Crippen LogP contribution in [0.3, 0.4) is 0 Å². The van der Waals surface area contributed by atoms with Gasteiger partial charge in [0.15, 0.2) is 0 Å². The van der Waals surface area contributed by atoms with Gasteiger partial charge in [0.05, 0.1) is 0 Å². The lowest BCUT2D eigenvalue weighted by molar-refractivity contribution is 0.302. The highest BCUT2D eigenvalue weighted by atomic mass is 16.5. The van der Waals surface area contributed by atoms with Gasteiger partial charge in [0, 0.05) is 0 Å². The van der Waals surface area contributed by atoms with Crippen molar-refractivity contribution in [1.82, 2.24) is 0 Å². The lowest BCUT2D eigenvalue weighted by Gasteiger charge is -2.12. The number of hydrogen-bond donors (Lipinski definition) is 0. The van der Waals surface area contributed by atoms with E-state index < -0.39 is 0 Å². The molecule has 0 saturated carbocycles. The topological polar surface area (TPSA) is 9.23 Å². The van der Waals surface area contributed by atoms with Gasteiger partial charge in [-0.1, -0.05) is 49.4 Å². The minimum absolute atomic E-state index is 0.635. The molecular weight excluding hydrogens is 220 g/mol. The Morgan fingerprint density at radius 1 is 0.833 bits per heavy atom. The van der Waals surface area contributed by atoms with Gasteiger partial charge in [-0.3, -0.25) is 0 Å². The molecule has 0 unspecified atom stereocenters. The van der Waals surface area contributed by atoms with Crippen LogP contribution in [0.5, 0.6) is 5.75 Å². The Labute approximate surface area is 109 Å². The first-order valence-corrected chi connectivity index (χ1v) is 6.47. The molecular formula is C17H20O. The molecule has 0 aliphatic heterocycles. The van der Waals surface area contributed by atoms with Crippen molar-refractivity contribution in [2.24, 2.45) is 0 Å². The Hall–Kier alpha value is -1.76. The molecule has 0 aliphatic carbocycles. The Balaban J connectivity index is 2.06. The second kappa shape index (κ2) is 5.72. The summed E-state index contributed by atoms with van der Waals surface area (Å²) < 4.78 is 5.93. The number of hydrogen-bond acceptors (Lipinski definition) is 1. The summed E-state index contributed by atoms with van der Waals surface area (Å²) >= 11 is 0. The van der Waals surface area contributed by atoms with Crippen molar-refractivity contribution in [2.75, 3.05) is 0 Å². The maximum absolute atomic E-state index is 5.93. The summed E-state index contributed by atoms with van der Waals surface area (Å²) in [5, 5.41) is 0. The molecule has 0 atom stereocenters. The van der Waals surface area contributed by atoms with Crippen LogP contribution in [0.1, 0.15) is 29.2 Å². The van der Waals surface area contributed by atoms with Crippen molar-refractivity contribution in [1.29, 1.82) is 0 Å². The van der Waals surface area contributed by atoms with E-state index in [9.17, 15) is 0 Å². The maximum Gasteiger partial charge on any atom is 0.125 e. The number of ether oxygens (including phenoxy) is 1. The molecule has 0 saturated heterocycles. The summed E-state index contributed by atoms with van der Waals surface area (Å²) in [5.74, 6) is 1.01. The van der Waals surface area contributed by atoms with E-state index in [1.165, 1.54) is 22.3 Å². The van der Waals surface area contributed by atoms with Gasteiger partial charge in [-0.05, 0) is 42.5 Å². The van der Waals surface area contributed by atoms with Crippen LogP contribution in [-0.4, -0.2) is 0 Å². The first kappa shape index (κ1) is 12.7. The molecule has 94 valence electrons. The van der Waals surface area contributed by atoms with Crippen molar-refractivity contribution in [2.45, 2.75) is 33.8 Å². The minimum Gasteiger partial charge on any atom is -0.488 e. The average Bonchev–Trinajstić information content (AvgIpc) is 2.39. The summed E-state index contributed by atoms with van der Waals surface area (Å²) in [4.78, 5) is 0. The van der Waals surface area contributed by atoms with Crippen LogP contribution in [0.15, 0.2) is 42.5 Å². The molecule has 0 bridgehead atoms. The van der Waals surface area contributed by atoms with Crippen LogP contribution in [0, 0.1) is 13.8 Å². The van der Waals surface area contributed by atoms with Gasteiger partial charge in [-0.15, -0.1) is 0 Å². The van der Waals surface area contributed by atoms with Crippen molar-refractivity contribution >= 4 is 0 Å². The van der Waals surface area contributed by atoms with Crippen molar-refractivity contribution < 1.29 is 4.74 Å². The van der Waals surface area contributed by atoms with Gasteiger partial charge in [0.2, 0.25) is 0 Å². The monoisotopic (exact) mass is 240 g/mol. The third-order valence-corrected chi connectivity index (χ3v) is 3.22. The molecule has 0 radical (unpaired) electrons. The van der Waals surface area contributed by atoms with E-state index in [2.05, 4.69) is 63.2 Å². The molecule has 2 aromatic carbocycles. The molecule has 1 heteroatoms. The predicted molar refractivity (Wildman–Crippen MR) is 76.1 cm³/mol. The van der Waals surface area contributed by atoms with E-state index in [-0.39, 0.29) is 0 Å². The molecule has 0 heterocycles. The number of benzene rings is 2. The minimum atomic E-state index is 0.635. The maximum atomic E-state index is 5.93. The Kier molecular flexibility index (Phi) is 4.03. The van der Waals surface area contributed by atoms with E-state index in [0.29, 0.717) is 6.61 Å². The van der Waals surface area contributed by atoms with Crippen LogP contribution in [-0.2, 0) is 13.0 Å². The predicted octanol–water partition coefficient (Wildman–Crippen LogP) is 4.44. The Morgan fingerprint density at radius 3 is 1.94 bits per heavy atom. The van der Waals surface area contributed by atoms with E-state index in [1.807, 2.05) is 0 Å². The average molecular weight is 240 g/mol. The van der Waals surface area contributed by atoms with Crippen LogP contribution in [0.4, 0.5) is 0 Å². The first-order chi connectivity index (χ1) is 8.70. The van der Waals surface area contributed by atoms with E-state index in [4.69, 9.17) is 4.74 Å². The lowest BCUT2D eigenvalue weighted by atomic mass is 10.1. The number of para-hydroxylation sites is 1. The summed E-state index contributed by atoms with van der Waals surface area (Å²) in [5.41, 5.74) is 4.97. The zero-order valence-electron chi connectivity index (χ0n) is 11.4. The Bertz CT molecular complexity index is 491. The second-order valence-electron chi connectivity index (χ2n) is 4.68. The molecule has 2 rings (SSSR count). The third-order valence-electron chi connectivity index (χ3n) is 3.22. The fourth-order valence-corrected chi connectivity index (χ4v) is 2.05. The van der Waals surface area contributed by atoms with E-state index in [0.717, 1.165) is 12.2 Å². The standard InChI is InChI=1S/C17H20O/c1-4-15-8-10-16(11-9-15)12-18-17-13(2)6-5-7-14(17)3/h5-11H,4,12H2,1-3H3. The molecule has 0 fully saturated rings. The van der Waals surface area contributed by atoms with Crippen molar-refractivity contribution in [3.63, 3.8) is 0 Å². The van der Waals surface area contributed by atoms with E-state index >= 15 is 0 Å². The zero-order valence-corrected chi connectivity index (χ0v) is 11.4. The quantitative estimate of drug-likeness (QED) is 0.767. The Morgan fingerprint density at radius 2 is 1.39 bits per heavy atom. The smallest absolute Gasteiger partial charge is 0.125 e. The van der Waals surface area contributed by atoms with Crippen molar-refractivity contribution in [3.05, 3.63) is 64.7 Å². The van der Waals surface area contributed by atoms with Crippen LogP contribution in [0.2, 0.25) is 0 Å². The highest BCUT2D eigenvalue weighted by Gasteiger charge is 2.03. The normalized spacial score (nSPS) is 10.4. The molecule has 0 aromatic heterocycles. The van der Waals surface area contributed by atoms with E-state index in [1.54, 1.807) is 0 Å². The largest absolute Gasteiger partial charge is 0.488 e. The van der Waals surface area contributed by atoms with Crippen molar-refractivity contribution in [3.8, 4) is 5.75 Å². The SMILES string of the molecule is CCc1ccc(COc2c(C)cccc2C)cc1. The summed E-state index contributed by atoms with van der Waals surface area (Å²) in [6.07, 6.45) is 1.08. The first-order valence-electron chi connectivity index (χ1n) is 6.47. The second-order valence-corrected chi connectivity index (χ2v) is 4.68. The fraction of sp³-hybridized carbons (Fsp3) is 0.294. The molecule has 0 aliphatic rings. The van der Waals surface area contributed by atoms with Gasteiger partial charge in [0.1, 0.15) is 12.4 Å². The highest BCUT2D eigenvalue weighted by molar-refractivity contribution is 5.39. The molecule has 0 amide bonds. The lowest BCUT2D eigenvalue weighted by Crippen LogP contribution is -1.99. The number of rotatable bonds is 4. The van der Waals surface area contributed by atoms with Gasteiger partial charge in [0.25, 0.3) is 0 Å². The zero-order chi connectivity index (χ0) is 13.0. The molecule has 1 nitrogen and oxygen atoms in total. The van der Waals surface area contributed by atoms with Gasteiger partial charge >= 0.3 is 0 Å². The van der Waals surface area contributed by atoms with Crippen LogP contribution < -0.4 is 4.74 Å². The summed E-state index contributed by atoms with van der Waals surface area (Å²) in [6, 6.07) is 14.9.